The molecular formula is C11H18ClN3. The third-order valence-corrected chi connectivity index (χ3v) is 2.73. The summed E-state index contributed by atoms with van der Waals surface area (Å²) < 4.78 is 0. The fraction of sp³-hybridized carbons (Fsp3) is 0.545. The van der Waals surface area contributed by atoms with Crippen molar-refractivity contribution >= 4 is 12.4 Å². The normalized spacial score (nSPS) is 22.1. The van der Waals surface area contributed by atoms with E-state index in [4.69, 9.17) is 0 Å². The average molecular weight is 228 g/mol. The fourth-order valence-corrected chi connectivity index (χ4v) is 1.82. The Labute approximate surface area is 97.3 Å². The van der Waals surface area contributed by atoms with E-state index in [9.17, 15) is 0 Å². The minimum atomic E-state index is 0. The highest BCUT2D eigenvalue weighted by molar-refractivity contribution is 5.85. The molecule has 2 heterocycles. The van der Waals surface area contributed by atoms with Crippen LogP contribution in [0.1, 0.15) is 12.6 Å². The quantitative estimate of drug-likeness (QED) is 0.826. The molecule has 3 nitrogen and oxygen atoms in total. The summed E-state index contributed by atoms with van der Waals surface area (Å²) in [7, 11) is 0. The highest BCUT2D eigenvalue weighted by atomic mass is 35.5. The molecule has 0 radical (unpaired) electrons. The van der Waals surface area contributed by atoms with E-state index in [0.29, 0.717) is 6.04 Å². The van der Waals surface area contributed by atoms with Gasteiger partial charge in [0.15, 0.2) is 0 Å². The maximum atomic E-state index is 4.35. The van der Waals surface area contributed by atoms with Gasteiger partial charge in [-0.25, -0.2) is 0 Å². The summed E-state index contributed by atoms with van der Waals surface area (Å²) in [6, 6.07) is 6.72. The number of halogens is 1. The van der Waals surface area contributed by atoms with Gasteiger partial charge < -0.3 is 5.32 Å². The summed E-state index contributed by atoms with van der Waals surface area (Å²) in [5, 5.41) is 3.39. The van der Waals surface area contributed by atoms with Crippen molar-refractivity contribution in [2.24, 2.45) is 0 Å². The summed E-state index contributed by atoms with van der Waals surface area (Å²) in [6.45, 7) is 6.54. The van der Waals surface area contributed by atoms with Crippen LogP contribution in [0.3, 0.4) is 0 Å². The summed E-state index contributed by atoms with van der Waals surface area (Å²) >= 11 is 0. The molecule has 1 atom stereocenters. The number of hydrogen-bond donors (Lipinski definition) is 1. The SMILES string of the molecule is C[C@H]1CNCCN1Cc1ccccn1.Cl. The van der Waals surface area contributed by atoms with Crippen molar-refractivity contribution in [1.29, 1.82) is 0 Å². The van der Waals surface area contributed by atoms with Crippen molar-refractivity contribution in [3.05, 3.63) is 30.1 Å². The van der Waals surface area contributed by atoms with Gasteiger partial charge in [-0.1, -0.05) is 6.07 Å². The molecule has 1 aromatic rings. The first-order valence-electron chi connectivity index (χ1n) is 5.21. The Bertz CT molecular complexity index is 278. The van der Waals surface area contributed by atoms with Crippen molar-refractivity contribution in [2.45, 2.75) is 19.5 Å². The Hall–Kier alpha value is -0.640. The molecule has 1 saturated heterocycles. The molecule has 0 aliphatic carbocycles. The average Bonchev–Trinajstić information content (AvgIpc) is 2.23. The van der Waals surface area contributed by atoms with Crippen molar-refractivity contribution < 1.29 is 0 Å². The molecule has 0 saturated carbocycles. The van der Waals surface area contributed by atoms with Crippen LogP contribution in [0.15, 0.2) is 24.4 Å². The second kappa shape index (κ2) is 6.05. The second-order valence-electron chi connectivity index (χ2n) is 3.84. The molecule has 1 N–H and O–H groups in total. The molecule has 0 amide bonds. The molecule has 1 aliphatic heterocycles. The second-order valence-corrected chi connectivity index (χ2v) is 3.84. The standard InChI is InChI=1S/C11H17N3.ClH/c1-10-8-12-6-7-14(10)9-11-4-2-3-5-13-11;/h2-5,10,12H,6-9H2,1H3;1H/t10-;/m0./s1. The van der Waals surface area contributed by atoms with Crippen LogP contribution in [0.5, 0.6) is 0 Å². The van der Waals surface area contributed by atoms with Crippen LogP contribution in [0, 0.1) is 0 Å². The Morgan fingerprint density at radius 2 is 2.40 bits per heavy atom. The molecule has 0 bridgehead atoms. The molecule has 1 aliphatic rings. The van der Waals surface area contributed by atoms with Gasteiger partial charge >= 0.3 is 0 Å². The lowest BCUT2D eigenvalue weighted by Crippen LogP contribution is -2.49. The van der Waals surface area contributed by atoms with Gasteiger partial charge in [0.1, 0.15) is 0 Å². The van der Waals surface area contributed by atoms with Gasteiger partial charge in [-0.15, -0.1) is 12.4 Å². The van der Waals surface area contributed by atoms with Gasteiger partial charge in [0.25, 0.3) is 0 Å². The molecule has 0 unspecified atom stereocenters. The number of pyridine rings is 1. The number of hydrogen-bond acceptors (Lipinski definition) is 3. The Balaban J connectivity index is 0.00000112. The Morgan fingerprint density at radius 3 is 3.07 bits per heavy atom. The predicted octanol–water partition coefficient (Wildman–Crippen LogP) is 1.30. The number of rotatable bonds is 2. The maximum absolute atomic E-state index is 4.35. The third kappa shape index (κ3) is 3.45. The highest BCUT2D eigenvalue weighted by Crippen LogP contribution is 2.07. The zero-order valence-corrected chi connectivity index (χ0v) is 9.83. The van der Waals surface area contributed by atoms with Crippen LogP contribution < -0.4 is 5.32 Å². The van der Waals surface area contributed by atoms with Crippen molar-refractivity contribution in [3.8, 4) is 0 Å². The largest absolute Gasteiger partial charge is 0.314 e. The molecule has 1 aromatic heterocycles. The van der Waals surface area contributed by atoms with Gasteiger partial charge in [0.2, 0.25) is 0 Å². The number of nitrogens with one attached hydrogen (secondary N) is 1. The minimum absolute atomic E-state index is 0. The third-order valence-electron chi connectivity index (χ3n) is 2.73. The highest BCUT2D eigenvalue weighted by Gasteiger charge is 2.17. The molecule has 2 rings (SSSR count). The topological polar surface area (TPSA) is 28.2 Å². The monoisotopic (exact) mass is 227 g/mol. The first-order chi connectivity index (χ1) is 6.86. The smallest absolute Gasteiger partial charge is 0.0544 e. The number of piperazine rings is 1. The molecule has 84 valence electrons. The van der Waals surface area contributed by atoms with Crippen LogP contribution in [0.2, 0.25) is 0 Å². The minimum Gasteiger partial charge on any atom is -0.314 e. The van der Waals surface area contributed by atoms with E-state index >= 15 is 0 Å². The van der Waals surface area contributed by atoms with E-state index in [2.05, 4.69) is 34.3 Å². The number of aromatic nitrogens is 1. The van der Waals surface area contributed by atoms with Crippen LogP contribution in [0.25, 0.3) is 0 Å². The predicted molar refractivity (Wildman–Crippen MR) is 64.2 cm³/mol. The summed E-state index contributed by atoms with van der Waals surface area (Å²) in [6.07, 6.45) is 1.86. The maximum Gasteiger partial charge on any atom is 0.0544 e. The Morgan fingerprint density at radius 1 is 1.53 bits per heavy atom. The van der Waals surface area contributed by atoms with Crippen molar-refractivity contribution in [1.82, 2.24) is 15.2 Å². The Kier molecular flexibility index (Phi) is 5.02. The van der Waals surface area contributed by atoms with E-state index in [1.807, 2.05) is 12.3 Å². The van der Waals surface area contributed by atoms with E-state index < -0.39 is 0 Å². The van der Waals surface area contributed by atoms with Crippen LogP contribution >= 0.6 is 12.4 Å². The zero-order chi connectivity index (χ0) is 9.80. The first-order valence-corrected chi connectivity index (χ1v) is 5.21. The van der Waals surface area contributed by atoms with Gasteiger partial charge in [-0.2, -0.15) is 0 Å². The zero-order valence-electron chi connectivity index (χ0n) is 9.02. The lowest BCUT2D eigenvalue weighted by Gasteiger charge is -2.33. The van der Waals surface area contributed by atoms with Crippen LogP contribution in [0.4, 0.5) is 0 Å². The van der Waals surface area contributed by atoms with E-state index in [1.165, 1.54) is 5.69 Å². The molecule has 0 spiro atoms. The lowest BCUT2D eigenvalue weighted by atomic mass is 10.2. The van der Waals surface area contributed by atoms with Crippen LogP contribution in [-0.2, 0) is 6.54 Å². The van der Waals surface area contributed by atoms with Gasteiger partial charge in [0, 0.05) is 38.4 Å². The summed E-state index contributed by atoms with van der Waals surface area (Å²) in [5.74, 6) is 0. The van der Waals surface area contributed by atoms with Gasteiger partial charge in [-0.05, 0) is 19.1 Å². The fourth-order valence-electron chi connectivity index (χ4n) is 1.82. The lowest BCUT2D eigenvalue weighted by molar-refractivity contribution is 0.164. The van der Waals surface area contributed by atoms with E-state index in [1.54, 1.807) is 0 Å². The molecule has 0 aromatic carbocycles. The van der Waals surface area contributed by atoms with E-state index in [-0.39, 0.29) is 12.4 Å². The van der Waals surface area contributed by atoms with Gasteiger partial charge in [-0.3, -0.25) is 9.88 Å². The first kappa shape index (κ1) is 12.4. The summed E-state index contributed by atoms with van der Waals surface area (Å²) in [5.41, 5.74) is 1.17. The van der Waals surface area contributed by atoms with Crippen molar-refractivity contribution in [2.75, 3.05) is 19.6 Å². The van der Waals surface area contributed by atoms with Crippen LogP contribution in [-0.4, -0.2) is 35.6 Å². The summed E-state index contributed by atoms with van der Waals surface area (Å²) in [4.78, 5) is 6.82. The molecular weight excluding hydrogens is 210 g/mol. The molecule has 4 heteroatoms. The molecule has 1 fully saturated rings. The van der Waals surface area contributed by atoms with Gasteiger partial charge in [0.05, 0.1) is 5.69 Å². The number of nitrogens with zero attached hydrogens (tertiary/aromatic N) is 2. The van der Waals surface area contributed by atoms with Crippen molar-refractivity contribution in [3.63, 3.8) is 0 Å². The molecule has 15 heavy (non-hydrogen) atoms. The van der Waals surface area contributed by atoms with E-state index in [0.717, 1.165) is 26.2 Å².